The Morgan fingerprint density at radius 2 is 2.00 bits per heavy atom. The zero-order chi connectivity index (χ0) is 22.1. The molecule has 2 amide bonds. The molecule has 158 valence electrons. The minimum absolute atomic E-state index is 0.0518. The van der Waals surface area contributed by atoms with Gasteiger partial charge in [-0.15, -0.1) is 0 Å². The molecule has 0 unspecified atom stereocenters. The molecule has 0 spiro atoms. The van der Waals surface area contributed by atoms with Gasteiger partial charge in [-0.2, -0.15) is 13.2 Å². The van der Waals surface area contributed by atoms with E-state index in [1.54, 1.807) is 0 Å². The maximum Gasteiger partial charge on any atom is 0.409 e. The number of amides is 2. The van der Waals surface area contributed by atoms with Gasteiger partial charge in [-0.3, -0.25) is 24.6 Å². The van der Waals surface area contributed by atoms with Gasteiger partial charge in [-0.25, -0.2) is 0 Å². The molecule has 12 heteroatoms. The van der Waals surface area contributed by atoms with Crippen molar-refractivity contribution in [3.63, 3.8) is 0 Å². The molecule has 1 N–H and O–H groups in total. The molecule has 0 bridgehead atoms. The van der Waals surface area contributed by atoms with Crippen molar-refractivity contribution in [3.05, 3.63) is 57.6 Å². The van der Waals surface area contributed by atoms with Crippen molar-refractivity contribution in [1.29, 1.82) is 0 Å². The topological polar surface area (TPSA) is 102 Å². The molecule has 0 saturated heterocycles. The van der Waals surface area contributed by atoms with Gasteiger partial charge in [-0.05, 0) is 18.2 Å². The number of fused-ring (bicyclic) bond motifs is 1. The summed E-state index contributed by atoms with van der Waals surface area (Å²) in [6, 6.07) is 6.39. The number of nitrogens with zero attached hydrogens (tertiary/aromatic N) is 2. The van der Waals surface area contributed by atoms with E-state index in [0.717, 1.165) is 18.2 Å². The predicted molar refractivity (Wildman–Crippen MR) is 101 cm³/mol. The molecule has 1 aliphatic rings. The molecule has 1 heterocycles. The summed E-state index contributed by atoms with van der Waals surface area (Å²) in [5.74, 6) is -2.08. The first kappa shape index (κ1) is 21.4. The molecule has 0 aliphatic carbocycles. The molecule has 0 saturated carbocycles. The lowest BCUT2D eigenvalue weighted by Crippen LogP contribution is -2.51. The fraction of sp³-hybridized carbons (Fsp3) is 0.222. The SMILES string of the molecule is O=C1C[C@@H](C(F)(F)F)N(C(=O)COc2ccc([N+](=O)[O-])cc2Cl)c2ccccc2N1. The molecular formula is C18H13ClF3N3O5. The summed E-state index contributed by atoms with van der Waals surface area (Å²) in [5.41, 5.74) is -0.396. The van der Waals surface area contributed by atoms with Gasteiger partial charge in [-0.1, -0.05) is 23.7 Å². The van der Waals surface area contributed by atoms with E-state index in [1.165, 1.54) is 24.3 Å². The second kappa shape index (κ2) is 8.19. The number of nitrogens with one attached hydrogen (secondary N) is 1. The number of benzene rings is 2. The Morgan fingerprint density at radius 3 is 2.63 bits per heavy atom. The number of halogens is 4. The number of alkyl halides is 3. The molecule has 1 aliphatic heterocycles. The summed E-state index contributed by atoms with van der Waals surface area (Å²) in [7, 11) is 0. The van der Waals surface area contributed by atoms with Crippen molar-refractivity contribution in [1.82, 2.24) is 0 Å². The quantitative estimate of drug-likeness (QED) is 0.569. The molecular weight excluding hydrogens is 431 g/mol. The third kappa shape index (κ3) is 4.46. The zero-order valence-corrected chi connectivity index (χ0v) is 15.7. The maximum absolute atomic E-state index is 13.6. The Kier molecular flexibility index (Phi) is 5.83. The third-order valence-electron chi connectivity index (χ3n) is 4.25. The van der Waals surface area contributed by atoms with Gasteiger partial charge in [0, 0.05) is 12.1 Å². The molecule has 0 fully saturated rings. The van der Waals surface area contributed by atoms with Gasteiger partial charge in [0.05, 0.1) is 27.7 Å². The first-order valence-corrected chi connectivity index (χ1v) is 8.80. The van der Waals surface area contributed by atoms with Crippen LogP contribution in [0.3, 0.4) is 0 Å². The highest BCUT2D eigenvalue weighted by atomic mass is 35.5. The van der Waals surface area contributed by atoms with Gasteiger partial charge in [0.15, 0.2) is 6.61 Å². The Morgan fingerprint density at radius 1 is 1.30 bits per heavy atom. The lowest BCUT2D eigenvalue weighted by atomic mass is 10.1. The average Bonchev–Trinajstić information content (AvgIpc) is 2.82. The number of nitro benzene ring substituents is 1. The highest BCUT2D eigenvalue weighted by molar-refractivity contribution is 6.32. The molecule has 1 atom stereocenters. The largest absolute Gasteiger partial charge is 0.482 e. The van der Waals surface area contributed by atoms with Crippen LogP contribution < -0.4 is 15.0 Å². The lowest BCUT2D eigenvalue weighted by molar-refractivity contribution is -0.384. The highest BCUT2D eigenvalue weighted by Crippen LogP contribution is 2.38. The van der Waals surface area contributed by atoms with E-state index in [9.17, 15) is 32.9 Å². The summed E-state index contributed by atoms with van der Waals surface area (Å²) >= 11 is 5.88. The van der Waals surface area contributed by atoms with Crippen LogP contribution in [0.2, 0.25) is 5.02 Å². The molecule has 0 aromatic heterocycles. The van der Waals surface area contributed by atoms with Crippen LogP contribution in [-0.4, -0.2) is 35.6 Å². The Balaban J connectivity index is 1.90. The van der Waals surface area contributed by atoms with Crippen molar-refractivity contribution in [2.24, 2.45) is 0 Å². The first-order valence-electron chi connectivity index (χ1n) is 8.42. The summed E-state index contributed by atoms with van der Waals surface area (Å²) in [4.78, 5) is 35.2. The Bertz CT molecular complexity index is 1010. The first-order chi connectivity index (χ1) is 14.1. The number of nitro groups is 1. The van der Waals surface area contributed by atoms with Crippen LogP contribution in [0.25, 0.3) is 0 Å². The molecule has 8 nitrogen and oxygen atoms in total. The van der Waals surface area contributed by atoms with E-state index >= 15 is 0 Å². The van der Waals surface area contributed by atoms with Gasteiger partial charge in [0.2, 0.25) is 5.91 Å². The Labute approximate surface area is 172 Å². The van der Waals surface area contributed by atoms with E-state index in [4.69, 9.17) is 16.3 Å². The molecule has 2 aromatic carbocycles. The monoisotopic (exact) mass is 443 g/mol. The van der Waals surface area contributed by atoms with E-state index in [-0.39, 0.29) is 27.8 Å². The zero-order valence-electron chi connectivity index (χ0n) is 15.0. The normalized spacial score (nSPS) is 16.3. The third-order valence-corrected chi connectivity index (χ3v) is 4.55. The number of non-ortho nitro benzene ring substituents is 1. The average molecular weight is 444 g/mol. The van der Waals surface area contributed by atoms with Crippen LogP contribution in [-0.2, 0) is 9.59 Å². The molecule has 2 aromatic rings. The minimum atomic E-state index is -4.88. The predicted octanol–water partition coefficient (Wildman–Crippen LogP) is 3.93. The molecule has 3 rings (SSSR count). The minimum Gasteiger partial charge on any atom is -0.482 e. The van der Waals surface area contributed by atoms with Gasteiger partial charge in [0.25, 0.3) is 11.6 Å². The molecule has 0 radical (unpaired) electrons. The standard InChI is InChI=1S/C18H13ClF3N3O5/c19-11-7-10(25(28)29)5-6-14(11)30-9-17(27)24-13-4-2-1-3-12(13)23-16(26)8-15(24)18(20,21)22/h1-7,15H,8-9H2,(H,23,26)/t15-/m0/s1. The number of hydrogen-bond donors (Lipinski definition) is 1. The summed E-state index contributed by atoms with van der Waals surface area (Å²) in [6.45, 7) is -0.841. The maximum atomic E-state index is 13.6. The van der Waals surface area contributed by atoms with E-state index in [0.29, 0.717) is 4.90 Å². The van der Waals surface area contributed by atoms with E-state index in [1.807, 2.05) is 0 Å². The second-order valence-electron chi connectivity index (χ2n) is 6.25. The second-order valence-corrected chi connectivity index (χ2v) is 6.66. The number of para-hydroxylation sites is 2. The van der Waals surface area contributed by atoms with Crippen LogP contribution in [0.4, 0.5) is 30.2 Å². The number of carbonyl (C=O) groups excluding carboxylic acids is 2. The van der Waals surface area contributed by atoms with Crippen LogP contribution in [0.15, 0.2) is 42.5 Å². The van der Waals surface area contributed by atoms with Gasteiger partial charge in [0.1, 0.15) is 11.8 Å². The van der Waals surface area contributed by atoms with Crippen LogP contribution in [0.1, 0.15) is 6.42 Å². The number of carbonyl (C=O) groups is 2. The smallest absolute Gasteiger partial charge is 0.409 e. The van der Waals surface area contributed by atoms with Crippen molar-refractivity contribution in [2.75, 3.05) is 16.8 Å². The number of anilines is 2. The summed E-state index contributed by atoms with van der Waals surface area (Å²) in [5, 5.41) is 12.9. The van der Waals surface area contributed by atoms with Crippen LogP contribution in [0, 0.1) is 10.1 Å². The van der Waals surface area contributed by atoms with Crippen molar-refractivity contribution in [2.45, 2.75) is 18.6 Å². The summed E-state index contributed by atoms with van der Waals surface area (Å²) < 4.78 is 46.2. The lowest BCUT2D eigenvalue weighted by Gasteiger charge is -2.31. The van der Waals surface area contributed by atoms with Gasteiger partial charge >= 0.3 is 6.18 Å². The van der Waals surface area contributed by atoms with Crippen molar-refractivity contribution < 1.29 is 32.4 Å². The van der Waals surface area contributed by atoms with Crippen LogP contribution >= 0.6 is 11.6 Å². The fourth-order valence-corrected chi connectivity index (χ4v) is 3.15. The number of ether oxygens (including phenoxy) is 1. The Hall–Kier alpha value is -3.34. The van der Waals surface area contributed by atoms with E-state index in [2.05, 4.69) is 5.32 Å². The van der Waals surface area contributed by atoms with E-state index < -0.39 is 42.0 Å². The van der Waals surface area contributed by atoms with Crippen molar-refractivity contribution >= 4 is 40.5 Å². The van der Waals surface area contributed by atoms with Crippen LogP contribution in [0.5, 0.6) is 5.75 Å². The highest BCUT2D eigenvalue weighted by Gasteiger charge is 2.49. The fourth-order valence-electron chi connectivity index (χ4n) is 2.93. The number of rotatable bonds is 4. The summed E-state index contributed by atoms with van der Waals surface area (Å²) in [6.07, 6.45) is -5.86. The number of hydrogen-bond acceptors (Lipinski definition) is 5. The molecule has 30 heavy (non-hydrogen) atoms. The van der Waals surface area contributed by atoms with Gasteiger partial charge < -0.3 is 10.1 Å². The van der Waals surface area contributed by atoms with Crippen molar-refractivity contribution in [3.8, 4) is 5.75 Å².